The lowest BCUT2D eigenvalue weighted by molar-refractivity contribution is -0.684. The molecular weight excluding hydrogens is 438 g/mol. The van der Waals surface area contributed by atoms with Crippen LogP contribution in [0.5, 0.6) is 0 Å². The highest BCUT2D eigenvalue weighted by molar-refractivity contribution is 6.01. The van der Waals surface area contributed by atoms with Crippen molar-refractivity contribution in [2.75, 3.05) is 0 Å². The number of carbonyl (C=O) groups is 4. The van der Waals surface area contributed by atoms with Crippen molar-refractivity contribution < 1.29 is 28.3 Å². The van der Waals surface area contributed by atoms with Crippen molar-refractivity contribution in [2.45, 2.75) is 26.9 Å². The zero-order chi connectivity index (χ0) is 24.5. The van der Waals surface area contributed by atoms with Crippen LogP contribution in [0, 0.1) is 13.8 Å². The highest BCUT2D eigenvalue weighted by atomic mass is 16.2. The number of pyridine rings is 3. The van der Waals surface area contributed by atoms with Crippen LogP contribution in [0.25, 0.3) is 0 Å². The molecule has 0 atom stereocenters. The smallest absolute Gasteiger partial charge is 0.267 e. The number of hydrogen-bond acceptors (Lipinski definition) is 5. The summed E-state index contributed by atoms with van der Waals surface area (Å²) >= 11 is 0. The quantitative estimate of drug-likeness (QED) is 0.280. The maximum absolute atomic E-state index is 12.6. The molecule has 3 aromatic heterocycles. The number of nitrogens with one attached hydrogen (secondary N) is 4. The van der Waals surface area contributed by atoms with E-state index in [1.165, 1.54) is 6.07 Å². The molecule has 0 radical (unpaired) electrons. The fraction of sp³-hybridized carbons (Fsp3) is 0.174. The average Bonchev–Trinajstić information content (AvgIpc) is 2.82. The Morgan fingerprint density at radius 1 is 0.647 bits per heavy atom. The van der Waals surface area contributed by atoms with E-state index in [2.05, 4.69) is 26.7 Å². The molecule has 0 unspecified atom stereocenters. The number of hydrazine groups is 2. The van der Waals surface area contributed by atoms with Gasteiger partial charge >= 0.3 is 11.8 Å². The summed E-state index contributed by atoms with van der Waals surface area (Å²) in [5.41, 5.74) is 10.3. The SMILES string of the molecule is Cc1nc(C)c(C(=O)NNC(=O)C[n+]2ccccc2)cc1C(=O)NNC(=O)C[n+]1ccccc1. The van der Waals surface area contributed by atoms with Crippen molar-refractivity contribution in [3.8, 4) is 0 Å². The van der Waals surface area contributed by atoms with Crippen LogP contribution in [0.3, 0.4) is 0 Å². The van der Waals surface area contributed by atoms with E-state index >= 15 is 0 Å². The maximum atomic E-state index is 12.6. The van der Waals surface area contributed by atoms with Gasteiger partial charge in [-0.2, -0.15) is 9.13 Å². The largest absolute Gasteiger partial charge is 0.304 e. The molecule has 0 aliphatic heterocycles. The molecule has 0 aliphatic rings. The molecule has 174 valence electrons. The Kier molecular flexibility index (Phi) is 7.95. The van der Waals surface area contributed by atoms with Crippen molar-refractivity contribution in [3.63, 3.8) is 0 Å². The lowest BCUT2D eigenvalue weighted by Gasteiger charge is -2.12. The van der Waals surface area contributed by atoms with Gasteiger partial charge in [-0.3, -0.25) is 45.9 Å². The average molecular weight is 463 g/mol. The van der Waals surface area contributed by atoms with Gasteiger partial charge in [0.25, 0.3) is 11.8 Å². The monoisotopic (exact) mass is 463 g/mol. The zero-order valence-corrected chi connectivity index (χ0v) is 18.7. The Morgan fingerprint density at radius 2 is 1.03 bits per heavy atom. The third-order valence-corrected chi connectivity index (χ3v) is 4.73. The molecule has 3 rings (SSSR count). The third kappa shape index (κ3) is 6.66. The summed E-state index contributed by atoms with van der Waals surface area (Å²) in [5, 5.41) is 0. The van der Waals surface area contributed by atoms with Crippen molar-refractivity contribution in [1.29, 1.82) is 0 Å². The minimum Gasteiger partial charge on any atom is -0.267 e. The Labute approximate surface area is 195 Å². The molecule has 0 fully saturated rings. The predicted octanol–water partition coefficient (Wildman–Crippen LogP) is -0.804. The number of rotatable bonds is 6. The number of aryl methyl sites for hydroxylation is 2. The first kappa shape index (κ1) is 24.0. The van der Waals surface area contributed by atoms with Crippen LogP contribution in [0.4, 0.5) is 0 Å². The Bertz CT molecular complexity index is 1110. The molecule has 0 aromatic carbocycles. The topological polar surface area (TPSA) is 137 Å². The first-order valence-electron chi connectivity index (χ1n) is 10.4. The van der Waals surface area contributed by atoms with Gasteiger partial charge in [0.05, 0.1) is 22.5 Å². The first-order valence-corrected chi connectivity index (χ1v) is 10.4. The second kappa shape index (κ2) is 11.3. The molecule has 0 aliphatic carbocycles. The maximum Gasteiger partial charge on any atom is 0.304 e. The summed E-state index contributed by atoms with van der Waals surface area (Å²) in [4.78, 5) is 53.6. The van der Waals surface area contributed by atoms with Gasteiger partial charge in [-0.25, -0.2) is 0 Å². The molecule has 3 aromatic rings. The van der Waals surface area contributed by atoms with Crippen molar-refractivity contribution >= 4 is 23.6 Å². The number of carbonyl (C=O) groups excluding carboxylic acids is 4. The minimum absolute atomic E-state index is 0.0148. The molecule has 3 heterocycles. The lowest BCUT2D eigenvalue weighted by Crippen LogP contribution is -2.49. The fourth-order valence-electron chi connectivity index (χ4n) is 3.06. The van der Waals surface area contributed by atoms with Crippen LogP contribution >= 0.6 is 0 Å². The van der Waals surface area contributed by atoms with Gasteiger partial charge in [0.2, 0.25) is 13.1 Å². The second-order valence-corrected chi connectivity index (χ2v) is 7.35. The van der Waals surface area contributed by atoms with Crippen LogP contribution < -0.4 is 30.8 Å². The molecule has 11 nitrogen and oxygen atoms in total. The van der Waals surface area contributed by atoms with Crippen molar-refractivity contribution in [3.05, 3.63) is 89.8 Å². The number of nitrogens with zero attached hydrogens (tertiary/aromatic N) is 3. The molecule has 0 spiro atoms. The summed E-state index contributed by atoms with van der Waals surface area (Å²) in [6.45, 7) is 3.26. The first-order chi connectivity index (χ1) is 16.3. The zero-order valence-electron chi connectivity index (χ0n) is 18.7. The molecule has 4 N–H and O–H groups in total. The molecule has 4 amide bonds. The Balaban J connectivity index is 1.59. The Morgan fingerprint density at radius 3 is 1.41 bits per heavy atom. The van der Waals surface area contributed by atoms with Gasteiger partial charge in [0.15, 0.2) is 24.8 Å². The summed E-state index contributed by atoms with van der Waals surface area (Å²) in [7, 11) is 0. The van der Waals surface area contributed by atoms with Gasteiger partial charge < -0.3 is 0 Å². The van der Waals surface area contributed by atoms with E-state index in [1.807, 2.05) is 12.1 Å². The van der Waals surface area contributed by atoms with Crippen LogP contribution in [-0.2, 0) is 22.7 Å². The van der Waals surface area contributed by atoms with Gasteiger partial charge in [0, 0.05) is 24.3 Å². The molecule has 11 heteroatoms. The van der Waals surface area contributed by atoms with E-state index < -0.39 is 23.6 Å². The number of aromatic nitrogens is 3. The molecule has 0 saturated heterocycles. The van der Waals surface area contributed by atoms with Crippen molar-refractivity contribution in [2.24, 2.45) is 0 Å². The van der Waals surface area contributed by atoms with Crippen molar-refractivity contribution in [1.82, 2.24) is 26.7 Å². The predicted molar refractivity (Wildman–Crippen MR) is 118 cm³/mol. The molecule has 0 bridgehead atoms. The highest BCUT2D eigenvalue weighted by Gasteiger charge is 2.19. The van der Waals surface area contributed by atoms with E-state index in [4.69, 9.17) is 0 Å². The van der Waals surface area contributed by atoms with E-state index in [0.29, 0.717) is 11.4 Å². The highest BCUT2D eigenvalue weighted by Crippen LogP contribution is 2.12. The summed E-state index contributed by atoms with van der Waals surface area (Å²) < 4.78 is 3.29. The fourth-order valence-corrected chi connectivity index (χ4v) is 3.06. The lowest BCUT2D eigenvalue weighted by atomic mass is 10.1. The van der Waals surface area contributed by atoms with E-state index in [-0.39, 0.29) is 24.2 Å². The van der Waals surface area contributed by atoms with Crippen LogP contribution in [0.2, 0.25) is 0 Å². The molecular formula is C23H25N7O4+2. The van der Waals surface area contributed by atoms with Gasteiger partial charge in [-0.1, -0.05) is 12.1 Å². The third-order valence-electron chi connectivity index (χ3n) is 4.73. The Hall–Kier alpha value is -4.67. The standard InChI is InChI=1S/C23H23N7O4/c1-16-18(22(33)27-25-20(31)14-29-9-5-3-6-10-29)13-19(17(2)24-16)23(34)28-26-21(32)15-30-11-7-4-8-12-30/h3-13H,14-15H2,1-2H3,(H2-2,25,26,27,28,31,32,33,34)/p+2. The van der Waals surface area contributed by atoms with E-state index in [9.17, 15) is 19.2 Å². The summed E-state index contributed by atoms with van der Waals surface area (Å²) in [6, 6.07) is 12.1. The number of amides is 4. The van der Waals surface area contributed by atoms with Gasteiger partial charge in [-0.15, -0.1) is 0 Å². The second-order valence-electron chi connectivity index (χ2n) is 7.35. The summed E-state index contributed by atoms with van der Waals surface area (Å²) in [6.07, 6.45) is 6.88. The molecule has 0 saturated carbocycles. The molecule has 34 heavy (non-hydrogen) atoms. The van der Waals surface area contributed by atoms with Crippen LogP contribution in [0.1, 0.15) is 32.1 Å². The van der Waals surface area contributed by atoms with Gasteiger partial charge in [0.1, 0.15) is 0 Å². The van der Waals surface area contributed by atoms with E-state index in [0.717, 1.165) is 0 Å². The van der Waals surface area contributed by atoms with Crippen LogP contribution in [0.15, 0.2) is 67.3 Å². The minimum atomic E-state index is -0.630. The van der Waals surface area contributed by atoms with Crippen LogP contribution in [-0.4, -0.2) is 28.6 Å². The van der Waals surface area contributed by atoms with Gasteiger partial charge in [-0.05, 0) is 19.9 Å². The normalized spacial score (nSPS) is 10.2. The number of hydrogen-bond donors (Lipinski definition) is 4. The van der Waals surface area contributed by atoms with E-state index in [1.54, 1.807) is 72.0 Å². The summed E-state index contributed by atoms with van der Waals surface area (Å²) in [5.74, 6) is -2.12.